The number of morpholine rings is 1. The van der Waals surface area contributed by atoms with Crippen molar-refractivity contribution in [2.24, 2.45) is 5.10 Å². The lowest BCUT2D eigenvalue weighted by molar-refractivity contribution is -0.137. The molecule has 9 nitrogen and oxygen atoms in total. The van der Waals surface area contributed by atoms with Crippen LogP contribution in [-0.4, -0.2) is 92.5 Å². The van der Waals surface area contributed by atoms with Crippen molar-refractivity contribution in [2.45, 2.75) is 18.6 Å². The number of ether oxygens (including phenoxy) is 3. The van der Waals surface area contributed by atoms with E-state index in [2.05, 4.69) is 4.90 Å². The van der Waals surface area contributed by atoms with Gasteiger partial charge in [0.15, 0.2) is 0 Å². The largest absolute Gasteiger partial charge is 0.497 e. The standard InChI is InChI=1S/C33H35F3N4O5/c1-43-26-7-5-6-24(20-26)28-21-29(27-8-3-4-9-30(27)44-2)40(37-28)31(41)22-39(15-14-38-16-18-45-19-17-38)32(42)23-10-12-25(13-11-23)33(34,35)36/h3-13,20,29H,14-19,21-22H2,1-2H3/t29-/m1/s1. The van der Waals surface area contributed by atoms with Gasteiger partial charge in [-0.3, -0.25) is 14.5 Å². The first-order valence-electron chi connectivity index (χ1n) is 14.6. The lowest BCUT2D eigenvalue weighted by Gasteiger charge is -2.31. The molecular weight excluding hydrogens is 589 g/mol. The Kier molecular flexibility index (Phi) is 10.0. The Morgan fingerprint density at radius 3 is 2.40 bits per heavy atom. The molecule has 1 saturated heterocycles. The number of benzene rings is 3. The Balaban J connectivity index is 1.44. The molecule has 0 aliphatic carbocycles. The predicted octanol–water partition coefficient (Wildman–Crippen LogP) is 4.87. The number of halogens is 3. The third-order valence-corrected chi connectivity index (χ3v) is 7.93. The van der Waals surface area contributed by atoms with Crippen LogP contribution < -0.4 is 9.47 Å². The summed E-state index contributed by atoms with van der Waals surface area (Å²) in [5.41, 5.74) is 1.40. The first-order valence-corrected chi connectivity index (χ1v) is 14.6. The van der Waals surface area contributed by atoms with E-state index in [1.807, 2.05) is 48.5 Å². The molecule has 0 aromatic heterocycles. The van der Waals surface area contributed by atoms with Crippen LogP contribution in [-0.2, 0) is 15.7 Å². The minimum Gasteiger partial charge on any atom is -0.497 e. The molecule has 12 heteroatoms. The summed E-state index contributed by atoms with van der Waals surface area (Å²) < 4.78 is 56.0. The predicted molar refractivity (Wildman–Crippen MR) is 161 cm³/mol. The molecule has 45 heavy (non-hydrogen) atoms. The van der Waals surface area contributed by atoms with Crippen molar-refractivity contribution in [1.29, 1.82) is 0 Å². The number of hydrogen-bond donors (Lipinski definition) is 0. The number of hydrogen-bond acceptors (Lipinski definition) is 7. The number of amides is 2. The van der Waals surface area contributed by atoms with E-state index in [0.717, 1.165) is 35.4 Å². The van der Waals surface area contributed by atoms with E-state index in [1.165, 1.54) is 9.91 Å². The Morgan fingerprint density at radius 1 is 0.978 bits per heavy atom. The van der Waals surface area contributed by atoms with Crippen LogP contribution in [0.5, 0.6) is 11.5 Å². The van der Waals surface area contributed by atoms with Gasteiger partial charge in [-0.25, -0.2) is 5.01 Å². The van der Waals surface area contributed by atoms with Gasteiger partial charge in [-0.1, -0.05) is 30.3 Å². The van der Waals surface area contributed by atoms with Crippen LogP contribution >= 0.6 is 0 Å². The van der Waals surface area contributed by atoms with Gasteiger partial charge in [0, 0.05) is 49.3 Å². The van der Waals surface area contributed by atoms with E-state index in [1.54, 1.807) is 14.2 Å². The molecule has 0 bridgehead atoms. The molecule has 2 aliphatic rings. The summed E-state index contributed by atoms with van der Waals surface area (Å²) in [5.74, 6) is 0.249. The molecule has 0 unspecified atom stereocenters. The average molecular weight is 625 g/mol. The zero-order chi connectivity index (χ0) is 32.0. The van der Waals surface area contributed by atoms with Crippen molar-refractivity contribution in [3.8, 4) is 11.5 Å². The van der Waals surface area contributed by atoms with Crippen molar-refractivity contribution < 1.29 is 37.0 Å². The van der Waals surface area contributed by atoms with Crippen LogP contribution in [0.4, 0.5) is 13.2 Å². The van der Waals surface area contributed by atoms with Crippen LogP contribution in [0.15, 0.2) is 77.9 Å². The minimum absolute atomic E-state index is 0.0565. The summed E-state index contributed by atoms with van der Waals surface area (Å²) in [7, 11) is 3.13. The zero-order valence-corrected chi connectivity index (χ0v) is 25.1. The molecule has 2 aliphatic heterocycles. The Hall–Kier alpha value is -4.42. The fourth-order valence-electron chi connectivity index (χ4n) is 5.46. The van der Waals surface area contributed by atoms with Crippen LogP contribution in [0.1, 0.15) is 39.5 Å². The van der Waals surface area contributed by atoms with E-state index < -0.39 is 29.6 Å². The smallest absolute Gasteiger partial charge is 0.416 e. The zero-order valence-electron chi connectivity index (χ0n) is 25.1. The molecule has 1 fully saturated rings. The number of hydrazone groups is 1. The third kappa shape index (κ3) is 7.63. The van der Waals surface area contributed by atoms with Crippen LogP contribution in [0.25, 0.3) is 0 Å². The number of rotatable bonds is 10. The lowest BCUT2D eigenvalue weighted by atomic mass is 9.97. The van der Waals surface area contributed by atoms with Gasteiger partial charge >= 0.3 is 6.18 Å². The Labute approximate surface area is 259 Å². The van der Waals surface area contributed by atoms with Gasteiger partial charge in [0.25, 0.3) is 11.8 Å². The number of carbonyl (C=O) groups is 2. The highest BCUT2D eigenvalue weighted by Gasteiger charge is 2.36. The highest BCUT2D eigenvalue weighted by Crippen LogP contribution is 2.38. The van der Waals surface area contributed by atoms with E-state index in [9.17, 15) is 22.8 Å². The van der Waals surface area contributed by atoms with Gasteiger partial charge in [0.1, 0.15) is 18.0 Å². The van der Waals surface area contributed by atoms with Gasteiger partial charge in [0.05, 0.1) is 44.8 Å². The first kappa shape index (κ1) is 32.0. The third-order valence-electron chi connectivity index (χ3n) is 7.93. The van der Waals surface area contributed by atoms with Crippen LogP contribution in [0, 0.1) is 0 Å². The molecule has 5 rings (SSSR count). The molecule has 1 atom stereocenters. The topological polar surface area (TPSA) is 83.9 Å². The van der Waals surface area contributed by atoms with Crippen LogP contribution in [0.2, 0.25) is 0 Å². The number of nitrogens with zero attached hydrogens (tertiary/aromatic N) is 4. The normalized spacial score (nSPS) is 17.1. The Morgan fingerprint density at radius 2 is 1.71 bits per heavy atom. The van der Waals surface area contributed by atoms with E-state index in [-0.39, 0.29) is 18.7 Å². The average Bonchev–Trinajstić information content (AvgIpc) is 3.52. The summed E-state index contributed by atoms with van der Waals surface area (Å²) in [6, 6.07) is 18.3. The highest BCUT2D eigenvalue weighted by molar-refractivity contribution is 6.04. The highest BCUT2D eigenvalue weighted by atomic mass is 19.4. The molecule has 0 saturated carbocycles. The van der Waals surface area contributed by atoms with Gasteiger partial charge < -0.3 is 19.1 Å². The van der Waals surface area contributed by atoms with Gasteiger partial charge in [-0.2, -0.15) is 18.3 Å². The molecule has 3 aromatic carbocycles. The van der Waals surface area contributed by atoms with Crippen molar-refractivity contribution in [3.63, 3.8) is 0 Å². The molecule has 0 N–H and O–H groups in total. The second-order valence-electron chi connectivity index (χ2n) is 10.7. The number of para-hydroxylation sites is 1. The van der Waals surface area contributed by atoms with Crippen LogP contribution in [0.3, 0.4) is 0 Å². The second-order valence-corrected chi connectivity index (χ2v) is 10.7. The van der Waals surface area contributed by atoms with E-state index in [0.29, 0.717) is 56.5 Å². The maximum Gasteiger partial charge on any atom is 0.416 e. The second kappa shape index (κ2) is 14.1. The van der Waals surface area contributed by atoms with Crippen molar-refractivity contribution in [2.75, 3.05) is 60.2 Å². The Bertz CT molecular complexity index is 1520. The van der Waals surface area contributed by atoms with Gasteiger partial charge in [-0.15, -0.1) is 0 Å². The van der Waals surface area contributed by atoms with Gasteiger partial charge in [-0.05, 0) is 42.5 Å². The van der Waals surface area contributed by atoms with Gasteiger partial charge in [0.2, 0.25) is 0 Å². The summed E-state index contributed by atoms with van der Waals surface area (Å²) in [5, 5.41) is 6.12. The monoisotopic (exact) mass is 624 g/mol. The quantitative estimate of drug-likeness (QED) is 0.320. The van der Waals surface area contributed by atoms with E-state index >= 15 is 0 Å². The summed E-state index contributed by atoms with van der Waals surface area (Å²) in [6.07, 6.45) is -4.14. The number of alkyl halides is 3. The molecular formula is C33H35F3N4O5. The van der Waals surface area contributed by atoms with E-state index in [4.69, 9.17) is 19.3 Å². The van der Waals surface area contributed by atoms with Crippen molar-refractivity contribution in [1.82, 2.24) is 14.8 Å². The molecule has 2 heterocycles. The van der Waals surface area contributed by atoms with Crippen molar-refractivity contribution in [3.05, 3.63) is 95.1 Å². The molecule has 3 aromatic rings. The fourth-order valence-corrected chi connectivity index (χ4v) is 5.46. The lowest BCUT2D eigenvalue weighted by Crippen LogP contribution is -2.46. The first-order chi connectivity index (χ1) is 21.7. The molecule has 0 radical (unpaired) electrons. The summed E-state index contributed by atoms with van der Waals surface area (Å²) >= 11 is 0. The van der Waals surface area contributed by atoms with Crippen molar-refractivity contribution >= 4 is 17.5 Å². The molecule has 2 amide bonds. The number of carbonyl (C=O) groups excluding carboxylic acids is 2. The summed E-state index contributed by atoms with van der Waals surface area (Å²) in [6.45, 7) is 2.79. The summed E-state index contributed by atoms with van der Waals surface area (Å²) in [4.78, 5) is 31.3. The minimum atomic E-state index is -4.53. The molecule has 238 valence electrons. The number of methoxy groups -OCH3 is 2. The maximum atomic E-state index is 14.1. The fraction of sp³-hybridized carbons (Fsp3) is 0.364. The maximum absolute atomic E-state index is 14.1. The molecule has 0 spiro atoms. The SMILES string of the molecule is COc1cccc(C2=NN(C(=O)CN(CCN3CCOCC3)C(=O)c3ccc(C(F)(F)F)cc3)[C@@H](c3ccccc3OC)C2)c1.